The van der Waals surface area contributed by atoms with E-state index in [-0.39, 0.29) is 0 Å². The van der Waals surface area contributed by atoms with Crippen molar-refractivity contribution in [2.24, 2.45) is 11.8 Å². The van der Waals surface area contributed by atoms with Crippen molar-refractivity contribution in [3.8, 4) is 0 Å². The van der Waals surface area contributed by atoms with Crippen molar-refractivity contribution >= 4 is 17.3 Å². The molecule has 2 aliphatic rings. The maximum absolute atomic E-state index is 6.08. The number of pyridine rings is 1. The molecule has 92 valence electrons. The minimum Gasteiger partial charge on any atom is -0.380 e. The summed E-state index contributed by atoms with van der Waals surface area (Å²) in [4.78, 5) is 4.11. The number of hydrogen-bond donors (Lipinski definition) is 1. The smallest absolute Gasteiger partial charge is 0.152 e. The highest BCUT2D eigenvalue weighted by molar-refractivity contribution is 6.31. The van der Waals surface area contributed by atoms with E-state index in [0.29, 0.717) is 11.2 Å². The van der Waals surface area contributed by atoms with E-state index in [1.54, 1.807) is 6.20 Å². The summed E-state index contributed by atoms with van der Waals surface area (Å²) in [6, 6.07) is 4.56. The summed E-state index contributed by atoms with van der Waals surface area (Å²) >= 11 is 6.08. The van der Waals surface area contributed by atoms with Crippen molar-refractivity contribution in [2.75, 3.05) is 5.32 Å². The maximum atomic E-state index is 6.08. The van der Waals surface area contributed by atoms with Crippen LogP contribution in [0.15, 0.2) is 18.3 Å². The van der Waals surface area contributed by atoms with Crippen LogP contribution in [0.2, 0.25) is 5.15 Å². The fourth-order valence-corrected chi connectivity index (χ4v) is 3.24. The van der Waals surface area contributed by atoms with Gasteiger partial charge in [0.2, 0.25) is 0 Å². The van der Waals surface area contributed by atoms with E-state index in [1.807, 2.05) is 12.1 Å². The van der Waals surface area contributed by atoms with Gasteiger partial charge in [-0.05, 0) is 49.7 Å². The first-order valence-electron chi connectivity index (χ1n) is 6.70. The molecule has 2 atom stereocenters. The van der Waals surface area contributed by atoms with Crippen LogP contribution >= 0.6 is 11.6 Å². The molecule has 2 unspecified atom stereocenters. The van der Waals surface area contributed by atoms with Crippen molar-refractivity contribution in [1.82, 2.24) is 4.98 Å². The molecule has 17 heavy (non-hydrogen) atoms. The lowest BCUT2D eigenvalue weighted by atomic mass is 9.82. The number of aromatic nitrogens is 1. The van der Waals surface area contributed by atoms with Gasteiger partial charge in [0.1, 0.15) is 0 Å². The van der Waals surface area contributed by atoms with Gasteiger partial charge in [-0.3, -0.25) is 0 Å². The van der Waals surface area contributed by atoms with Crippen molar-refractivity contribution < 1.29 is 0 Å². The van der Waals surface area contributed by atoms with Crippen LogP contribution in [0.25, 0.3) is 0 Å². The normalized spacial score (nSPS) is 29.0. The maximum Gasteiger partial charge on any atom is 0.152 e. The molecule has 0 aromatic carbocycles. The minimum atomic E-state index is 0.594. The van der Waals surface area contributed by atoms with Gasteiger partial charge in [0, 0.05) is 12.2 Å². The van der Waals surface area contributed by atoms with Crippen molar-refractivity contribution in [3.05, 3.63) is 23.5 Å². The molecule has 0 radical (unpaired) electrons. The lowest BCUT2D eigenvalue weighted by molar-refractivity contribution is 0.303. The van der Waals surface area contributed by atoms with Crippen LogP contribution in [0.3, 0.4) is 0 Å². The Morgan fingerprint density at radius 3 is 2.82 bits per heavy atom. The molecule has 2 fully saturated rings. The average Bonchev–Trinajstić information content (AvgIpc) is 3.17. The quantitative estimate of drug-likeness (QED) is 0.817. The Balaban J connectivity index is 1.62. The molecule has 0 amide bonds. The first kappa shape index (κ1) is 11.3. The molecule has 2 nitrogen and oxygen atoms in total. The molecular formula is C14H19ClN2. The SMILES string of the molecule is Clc1ncccc1NC1CCCC(C2CC2)C1. The third kappa shape index (κ3) is 2.74. The van der Waals surface area contributed by atoms with Crippen LogP contribution in [0.1, 0.15) is 38.5 Å². The zero-order valence-electron chi connectivity index (χ0n) is 10.0. The van der Waals surface area contributed by atoms with E-state index in [9.17, 15) is 0 Å². The van der Waals surface area contributed by atoms with E-state index >= 15 is 0 Å². The van der Waals surface area contributed by atoms with Gasteiger partial charge in [-0.2, -0.15) is 0 Å². The Morgan fingerprint density at radius 2 is 2.06 bits per heavy atom. The van der Waals surface area contributed by atoms with Gasteiger partial charge in [0.25, 0.3) is 0 Å². The minimum absolute atomic E-state index is 0.594. The van der Waals surface area contributed by atoms with Gasteiger partial charge in [-0.25, -0.2) is 4.98 Å². The molecule has 2 aliphatic carbocycles. The molecule has 2 saturated carbocycles. The van der Waals surface area contributed by atoms with E-state index in [4.69, 9.17) is 11.6 Å². The third-order valence-corrected chi connectivity index (χ3v) is 4.42. The molecule has 0 spiro atoms. The fraction of sp³-hybridized carbons (Fsp3) is 0.643. The number of anilines is 1. The first-order chi connectivity index (χ1) is 8.33. The lowest BCUT2D eigenvalue weighted by Gasteiger charge is -2.30. The summed E-state index contributed by atoms with van der Waals surface area (Å²) in [5, 5.41) is 4.17. The topological polar surface area (TPSA) is 24.9 Å². The number of rotatable bonds is 3. The highest BCUT2D eigenvalue weighted by Crippen LogP contribution is 2.44. The Morgan fingerprint density at radius 1 is 1.18 bits per heavy atom. The zero-order chi connectivity index (χ0) is 11.7. The second-order valence-electron chi connectivity index (χ2n) is 5.45. The van der Waals surface area contributed by atoms with Crippen LogP contribution in [0.5, 0.6) is 0 Å². The van der Waals surface area contributed by atoms with Crippen LogP contribution in [-0.4, -0.2) is 11.0 Å². The molecule has 1 aromatic heterocycles. The summed E-state index contributed by atoms with van der Waals surface area (Å²) in [5.41, 5.74) is 0.996. The van der Waals surface area contributed by atoms with Gasteiger partial charge in [-0.15, -0.1) is 0 Å². The van der Waals surface area contributed by atoms with E-state index < -0.39 is 0 Å². The molecule has 0 saturated heterocycles. The van der Waals surface area contributed by atoms with Gasteiger partial charge >= 0.3 is 0 Å². The molecule has 1 heterocycles. The summed E-state index contributed by atoms with van der Waals surface area (Å²) in [7, 11) is 0. The number of nitrogens with zero attached hydrogens (tertiary/aromatic N) is 1. The number of nitrogens with one attached hydrogen (secondary N) is 1. The van der Waals surface area contributed by atoms with Crippen LogP contribution in [0, 0.1) is 11.8 Å². The summed E-state index contributed by atoms with van der Waals surface area (Å²) < 4.78 is 0. The van der Waals surface area contributed by atoms with Crippen molar-refractivity contribution in [3.63, 3.8) is 0 Å². The summed E-state index contributed by atoms with van der Waals surface area (Å²) in [6.45, 7) is 0. The first-order valence-corrected chi connectivity index (χ1v) is 7.08. The molecular weight excluding hydrogens is 232 g/mol. The zero-order valence-corrected chi connectivity index (χ0v) is 10.8. The lowest BCUT2D eigenvalue weighted by Crippen LogP contribution is -2.28. The number of hydrogen-bond acceptors (Lipinski definition) is 2. The fourth-order valence-electron chi connectivity index (χ4n) is 3.07. The van der Waals surface area contributed by atoms with Gasteiger partial charge < -0.3 is 5.32 Å². The molecule has 1 N–H and O–H groups in total. The predicted octanol–water partition coefficient (Wildman–Crippen LogP) is 4.12. The Labute approximate surface area is 108 Å². The highest BCUT2D eigenvalue weighted by Gasteiger charge is 2.34. The second kappa shape index (κ2) is 4.85. The number of halogens is 1. The molecule has 3 rings (SSSR count). The predicted molar refractivity (Wildman–Crippen MR) is 71.3 cm³/mol. The van der Waals surface area contributed by atoms with Crippen LogP contribution in [-0.2, 0) is 0 Å². The summed E-state index contributed by atoms with van der Waals surface area (Å²) in [5.74, 6) is 1.99. The Kier molecular flexibility index (Phi) is 3.24. The van der Waals surface area contributed by atoms with Gasteiger partial charge in [0.05, 0.1) is 5.69 Å². The van der Waals surface area contributed by atoms with Crippen molar-refractivity contribution in [2.45, 2.75) is 44.6 Å². The molecule has 0 bridgehead atoms. The third-order valence-electron chi connectivity index (χ3n) is 4.12. The highest BCUT2D eigenvalue weighted by atomic mass is 35.5. The molecule has 0 aliphatic heterocycles. The van der Waals surface area contributed by atoms with E-state index in [0.717, 1.165) is 17.5 Å². The van der Waals surface area contributed by atoms with Crippen LogP contribution < -0.4 is 5.32 Å². The Hall–Kier alpha value is -0.760. The molecule has 1 aromatic rings. The monoisotopic (exact) mass is 250 g/mol. The van der Waals surface area contributed by atoms with E-state index in [1.165, 1.54) is 38.5 Å². The Bertz CT molecular complexity index is 390. The second-order valence-corrected chi connectivity index (χ2v) is 5.81. The average molecular weight is 251 g/mol. The van der Waals surface area contributed by atoms with Crippen molar-refractivity contribution in [1.29, 1.82) is 0 Å². The van der Waals surface area contributed by atoms with E-state index in [2.05, 4.69) is 10.3 Å². The van der Waals surface area contributed by atoms with Gasteiger partial charge in [-0.1, -0.05) is 24.4 Å². The van der Waals surface area contributed by atoms with Gasteiger partial charge in [0.15, 0.2) is 5.15 Å². The summed E-state index contributed by atoms with van der Waals surface area (Å²) in [6.07, 6.45) is 10.0. The largest absolute Gasteiger partial charge is 0.380 e. The standard InChI is InChI=1S/C14H19ClN2/c15-14-13(5-2-8-16-14)17-12-4-1-3-11(9-12)10-6-7-10/h2,5,8,10-12,17H,1,3-4,6-7,9H2. The van der Waals surface area contributed by atoms with Crippen LogP contribution in [0.4, 0.5) is 5.69 Å². The molecule has 3 heteroatoms.